The van der Waals surface area contributed by atoms with E-state index in [4.69, 9.17) is 11.6 Å². The maximum atomic E-state index is 12.7. The Morgan fingerprint density at radius 2 is 1.88 bits per heavy atom. The van der Waals surface area contributed by atoms with Gasteiger partial charge in [-0.3, -0.25) is 9.59 Å². The van der Waals surface area contributed by atoms with Gasteiger partial charge in [-0.1, -0.05) is 55.4 Å². The van der Waals surface area contributed by atoms with Crippen LogP contribution in [0.4, 0.5) is 5.69 Å². The predicted molar refractivity (Wildman–Crippen MR) is 136 cm³/mol. The molecule has 1 unspecified atom stereocenters. The third-order valence-corrected chi connectivity index (χ3v) is 7.05. The Labute approximate surface area is 210 Å². The molecular weight excluding hydrogens is 526 g/mol. The average molecular weight is 551 g/mol. The summed E-state index contributed by atoms with van der Waals surface area (Å²) in [6.07, 6.45) is 0. The lowest BCUT2D eigenvalue weighted by Gasteiger charge is -2.22. The monoisotopic (exact) mass is 549 g/mol. The first kappa shape index (κ1) is 25.3. The largest absolute Gasteiger partial charge is 0.342 e. The van der Waals surface area contributed by atoms with Gasteiger partial charge in [-0.2, -0.15) is 0 Å². The smallest absolute Gasteiger partial charge is 0.251 e. The van der Waals surface area contributed by atoms with Gasteiger partial charge in [-0.05, 0) is 59.1 Å². The van der Waals surface area contributed by atoms with E-state index in [0.717, 1.165) is 0 Å². The van der Waals surface area contributed by atoms with Crippen molar-refractivity contribution < 1.29 is 9.59 Å². The van der Waals surface area contributed by atoms with E-state index in [1.54, 1.807) is 30.3 Å². The molecule has 0 radical (unpaired) electrons. The number of thioether (sulfide) groups is 1. The Morgan fingerprint density at radius 1 is 1.15 bits per heavy atom. The Bertz CT molecular complexity index is 1120. The molecule has 2 N–H and O–H groups in total. The van der Waals surface area contributed by atoms with Crippen LogP contribution in [-0.4, -0.2) is 32.3 Å². The molecule has 2 amide bonds. The van der Waals surface area contributed by atoms with Crippen molar-refractivity contribution in [1.29, 1.82) is 0 Å². The highest BCUT2D eigenvalue weighted by Crippen LogP contribution is 2.27. The van der Waals surface area contributed by atoms with Crippen LogP contribution in [0.5, 0.6) is 0 Å². The van der Waals surface area contributed by atoms with Gasteiger partial charge in [0, 0.05) is 22.3 Å². The van der Waals surface area contributed by atoms with E-state index in [0.29, 0.717) is 38.3 Å². The van der Waals surface area contributed by atoms with Crippen molar-refractivity contribution in [3.63, 3.8) is 0 Å². The maximum Gasteiger partial charge on any atom is 0.251 e. The zero-order valence-corrected chi connectivity index (χ0v) is 21.7. The highest BCUT2D eigenvalue weighted by molar-refractivity contribution is 9.10. The Morgan fingerprint density at radius 3 is 2.52 bits per heavy atom. The first-order valence-electron chi connectivity index (χ1n) is 10.5. The fraction of sp³-hybridized carbons (Fsp3) is 0.304. The summed E-state index contributed by atoms with van der Waals surface area (Å²) in [6.45, 7) is 6.64. The van der Waals surface area contributed by atoms with Crippen molar-refractivity contribution >= 4 is 56.8 Å². The minimum absolute atomic E-state index is 0.0941. The lowest BCUT2D eigenvalue weighted by atomic mass is 10.0. The summed E-state index contributed by atoms with van der Waals surface area (Å²) in [5, 5.41) is 15.8. The molecule has 7 nitrogen and oxygen atoms in total. The highest BCUT2D eigenvalue weighted by Gasteiger charge is 2.26. The van der Waals surface area contributed by atoms with Gasteiger partial charge >= 0.3 is 0 Å². The number of hydrogen-bond acceptors (Lipinski definition) is 5. The van der Waals surface area contributed by atoms with Crippen molar-refractivity contribution in [3.8, 4) is 0 Å². The number of anilines is 1. The quantitative estimate of drug-likeness (QED) is 0.340. The fourth-order valence-electron chi connectivity index (χ4n) is 3.18. The van der Waals surface area contributed by atoms with E-state index in [2.05, 4.69) is 36.8 Å². The molecule has 1 heterocycles. The van der Waals surface area contributed by atoms with Crippen molar-refractivity contribution in [2.45, 2.75) is 38.5 Å². The summed E-state index contributed by atoms with van der Waals surface area (Å²) >= 11 is 10.6. The number of benzene rings is 2. The molecule has 1 aromatic heterocycles. The Balaban J connectivity index is 1.70. The molecular formula is C23H25BrClN5O2S. The van der Waals surface area contributed by atoms with Gasteiger partial charge in [-0.15, -0.1) is 10.2 Å². The van der Waals surface area contributed by atoms with Gasteiger partial charge in [0.1, 0.15) is 0 Å². The minimum atomic E-state index is -0.320. The lowest BCUT2D eigenvalue weighted by Crippen LogP contribution is -2.33. The van der Waals surface area contributed by atoms with E-state index in [1.807, 2.05) is 43.5 Å². The third-order valence-electron chi connectivity index (χ3n) is 4.86. The molecule has 0 aliphatic rings. The van der Waals surface area contributed by atoms with E-state index in [-0.39, 0.29) is 29.5 Å². The van der Waals surface area contributed by atoms with Crippen LogP contribution in [0.2, 0.25) is 5.02 Å². The molecule has 0 fully saturated rings. The lowest BCUT2D eigenvalue weighted by molar-refractivity contribution is -0.113. The van der Waals surface area contributed by atoms with Crippen LogP contribution in [0.3, 0.4) is 0 Å². The molecule has 174 valence electrons. The second kappa shape index (κ2) is 11.7. The number of nitrogens with zero attached hydrogens (tertiary/aromatic N) is 3. The van der Waals surface area contributed by atoms with Gasteiger partial charge in [0.05, 0.1) is 16.8 Å². The van der Waals surface area contributed by atoms with E-state index in [1.165, 1.54) is 11.8 Å². The SMILES string of the molecule is CCn1c(SCC(=O)Nc2ccc(Cl)c(Br)c2)nnc1C(NC(=O)c1ccccc1)C(C)C. The number of carbonyl (C=O) groups is 2. The second-order valence-electron chi connectivity index (χ2n) is 7.61. The van der Waals surface area contributed by atoms with E-state index in [9.17, 15) is 9.59 Å². The summed E-state index contributed by atoms with van der Waals surface area (Å²) in [4.78, 5) is 25.2. The Hall–Kier alpha value is -2.36. The molecule has 0 aliphatic carbocycles. The number of hydrogen-bond donors (Lipinski definition) is 2. The molecule has 3 rings (SSSR count). The van der Waals surface area contributed by atoms with Gasteiger partial charge in [0.25, 0.3) is 5.91 Å². The van der Waals surface area contributed by atoms with Crippen molar-refractivity contribution in [1.82, 2.24) is 20.1 Å². The fourth-order valence-corrected chi connectivity index (χ4v) is 4.48. The zero-order valence-electron chi connectivity index (χ0n) is 18.5. The van der Waals surface area contributed by atoms with Crippen molar-refractivity contribution in [3.05, 3.63) is 69.4 Å². The van der Waals surface area contributed by atoms with Gasteiger partial charge < -0.3 is 15.2 Å². The van der Waals surface area contributed by atoms with Crippen LogP contribution in [0.1, 0.15) is 43.0 Å². The van der Waals surface area contributed by atoms with Gasteiger partial charge in [-0.25, -0.2) is 0 Å². The standard InChI is InChI=1S/C23H25BrClN5O2S/c1-4-30-21(20(14(2)3)27-22(32)15-8-6-5-7-9-15)28-29-23(30)33-13-19(31)26-16-10-11-18(25)17(24)12-16/h5-12,14,20H,4,13H2,1-3H3,(H,26,31)(H,27,32). The summed E-state index contributed by atoms with van der Waals surface area (Å²) in [7, 11) is 0. The van der Waals surface area contributed by atoms with Crippen LogP contribution in [0.25, 0.3) is 0 Å². The summed E-state index contributed by atoms with van der Waals surface area (Å²) in [5.74, 6) is 0.598. The van der Waals surface area contributed by atoms with Crippen LogP contribution < -0.4 is 10.6 Å². The second-order valence-corrected chi connectivity index (χ2v) is 9.82. The predicted octanol–water partition coefficient (Wildman–Crippen LogP) is 5.57. The molecule has 0 spiro atoms. The highest BCUT2D eigenvalue weighted by atomic mass is 79.9. The average Bonchev–Trinajstić information content (AvgIpc) is 3.21. The molecule has 2 aromatic carbocycles. The summed E-state index contributed by atoms with van der Waals surface area (Å²) < 4.78 is 2.65. The van der Waals surface area contributed by atoms with Crippen molar-refractivity contribution in [2.24, 2.45) is 5.92 Å². The number of nitrogens with one attached hydrogen (secondary N) is 2. The molecule has 33 heavy (non-hydrogen) atoms. The number of amides is 2. The van der Waals surface area contributed by atoms with Crippen LogP contribution in [-0.2, 0) is 11.3 Å². The maximum absolute atomic E-state index is 12.7. The summed E-state index contributed by atoms with van der Waals surface area (Å²) in [6, 6.07) is 14.0. The molecule has 10 heteroatoms. The third kappa shape index (κ3) is 6.59. The van der Waals surface area contributed by atoms with Crippen LogP contribution >= 0.6 is 39.3 Å². The molecule has 0 saturated carbocycles. The number of aromatic nitrogens is 3. The van der Waals surface area contributed by atoms with Crippen molar-refractivity contribution in [2.75, 3.05) is 11.1 Å². The van der Waals surface area contributed by atoms with E-state index < -0.39 is 0 Å². The first-order valence-corrected chi connectivity index (χ1v) is 12.6. The number of rotatable bonds is 9. The molecule has 3 aromatic rings. The van der Waals surface area contributed by atoms with E-state index >= 15 is 0 Å². The van der Waals surface area contributed by atoms with Gasteiger partial charge in [0.15, 0.2) is 11.0 Å². The summed E-state index contributed by atoms with van der Waals surface area (Å²) in [5.41, 5.74) is 1.24. The van der Waals surface area contributed by atoms with Crippen LogP contribution in [0, 0.1) is 5.92 Å². The zero-order chi connectivity index (χ0) is 24.0. The molecule has 0 aliphatic heterocycles. The van der Waals surface area contributed by atoms with Gasteiger partial charge in [0.2, 0.25) is 5.91 Å². The molecule has 0 bridgehead atoms. The Kier molecular flexibility index (Phi) is 8.94. The molecule has 1 atom stereocenters. The number of carbonyl (C=O) groups excluding carboxylic acids is 2. The minimum Gasteiger partial charge on any atom is -0.342 e. The first-order chi connectivity index (χ1) is 15.8. The molecule has 0 saturated heterocycles. The topological polar surface area (TPSA) is 88.9 Å². The normalized spacial score (nSPS) is 11.9. The van der Waals surface area contributed by atoms with Crippen LogP contribution in [0.15, 0.2) is 58.2 Å². The number of halogens is 2.